The normalized spacial score (nSPS) is 15.6. The van der Waals surface area contributed by atoms with E-state index in [1.165, 1.54) is 50.5 Å². The van der Waals surface area contributed by atoms with Crippen molar-refractivity contribution < 1.29 is 9.47 Å². The summed E-state index contributed by atoms with van der Waals surface area (Å²) in [6, 6.07) is 13.0. The smallest absolute Gasteiger partial charge is 0.180 e. The van der Waals surface area contributed by atoms with E-state index in [2.05, 4.69) is 36.5 Å². The summed E-state index contributed by atoms with van der Waals surface area (Å²) in [6.45, 7) is 5.93. The van der Waals surface area contributed by atoms with Crippen LogP contribution in [0.5, 0.6) is 11.5 Å². The van der Waals surface area contributed by atoms with E-state index < -0.39 is 0 Å². The van der Waals surface area contributed by atoms with Crippen LogP contribution in [0.4, 0.5) is 0 Å². The third kappa shape index (κ3) is 6.94. The molecule has 2 aromatic rings. The Morgan fingerprint density at radius 3 is 2.45 bits per heavy atom. The van der Waals surface area contributed by atoms with Gasteiger partial charge in [-0.2, -0.15) is 0 Å². The second-order valence-electron chi connectivity index (χ2n) is 8.04. The van der Waals surface area contributed by atoms with Crippen molar-refractivity contribution in [3.8, 4) is 11.5 Å². The first-order valence-electron chi connectivity index (χ1n) is 11.0. The van der Waals surface area contributed by atoms with Crippen molar-refractivity contribution in [2.24, 2.45) is 0 Å². The lowest BCUT2D eigenvalue weighted by Gasteiger charge is -2.22. The summed E-state index contributed by atoms with van der Waals surface area (Å²) in [6.07, 6.45) is 9.32. The first kappa shape index (κ1) is 22.0. The Kier molecular flexibility index (Phi) is 8.69. The lowest BCUT2D eigenvalue weighted by molar-refractivity contribution is 0.269. The van der Waals surface area contributed by atoms with Gasteiger partial charge in [-0.05, 0) is 49.9 Å². The van der Waals surface area contributed by atoms with Gasteiger partial charge in [-0.3, -0.25) is 0 Å². The van der Waals surface area contributed by atoms with Gasteiger partial charge in [-0.15, -0.1) is 0 Å². The van der Waals surface area contributed by atoms with Crippen LogP contribution in [0.3, 0.4) is 0 Å². The molecule has 29 heavy (non-hydrogen) atoms. The highest BCUT2D eigenvalue weighted by atomic mass is 35.5. The summed E-state index contributed by atoms with van der Waals surface area (Å²) in [5.74, 6) is 1.35. The number of benzene rings is 2. The van der Waals surface area contributed by atoms with Gasteiger partial charge >= 0.3 is 0 Å². The summed E-state index contributed by atoms with van der Waals surface area (Å²) in [5, 5.41) is 4.34. The number of rotatable bonds is 8. The van der Waals surface area contributed by atoms with Gasteiger partial charge in [0.2, 0.25) is 0 Å². The Balaban J connectivity index is 1.66. The molecule has 2 aromatic carbocycles. The van der Waals surface area contributed by atoms with Crippen LogP contribution in [0.15, 0.2) is 36.4 Å². The minimum atomic E-state index is 0.473. The quantitative estimate of drug-likeness (QED) is 0.512. The van der Waals surface area contributed by atoms with Crippen molar-refractivity contribution in [3.63, 3.8) is 0 Å². The number of aryl methyl sites for hydroxylation is 1. The summed E-state index contributed by atoms with van der Waals surface area (Å²) < 4.78 is 11.9. The fourth-order valence-electron chi connectivity index (χ4n) is 4.01. The highest BCUT2D eigenvalue weighted by molar-refractivity contribution is 6.32. The van der Waals surface area contributed by atoms with E-state index >= 15 is 0 Å². The summed E-state index contributed by atoms with van der Waals surface area (Å²) in [5.41, 5.74) is 3.49. The van der Waals surface area contributed by atoms with Gasteiger partial charge in [0, 0.05) is 12.6 Å². The zero-order valence-corrected chi connectivity index (χ0v) is 18.6. The molecule has 1 aliphatic rings. The highest BCUT2D eigenvalue weighted by Crippen LogP contribution is 2.37. The van der Waals surface area contributed by atoms with E-state index in [9.17, 15) is 0 Å². The molecule has 1 fully saturated rings. The Morgan fingerprint density at radius 2 is 1.72 bits per heavy atom. The molecule has 3 rings (SSSR count). The standard InChI is InChI=1S/C25H34ClNO2/c1-3-28-24-16-21(17-27-22-12-7-5-4-6-8-13-22)15-23(26)25(24)29-18-20-11-9-10-19(2)14-20/h9-11,14-16,22,27H,3-8,12-13,17-18H2,1-2H3. The number of ether oxygens (including phenoxy) is 2. The first-order valence-corrected chi connectivity index (χ1v) is 11.4. The van der Waals surface area contributed by atoms with Gasteiger partial charge in [-0.25, -0.2) is 0 Å². The van der Waals surface area contributed by atoms with Crippen LogP contribution in [0.25, 0.3) is 0 Å². The van der Waals surface area contributed by atoms with E-state index in [-0.39, 0.29) is 0 Å². The van der Waals surface area contributed by atoms with Crippen molar-refractivity contribution in [3.05, 3.63) is 58.1 Å². The number of nitrogens with one attached hydrogen (secondary N) is 1. The number of hydrogen-bond acceptors (Lipinski definition) is 3. The summed E-state index contributed by atoms with van der Waals surface area (Å²) in [4.78, 5) is 0. The largest absolute Gasteiger partial charge is 0.490 e. The van der Waals surface area contributed by atoms with Gasteiger partial charge < -0.3 is 14.8 Å². The lowest BCUT2D eigenvalue weighted by atomic mass is 9.96. The predicted molar refractivity (Wildman–Crippen MR) is 121 cm³/mol. The second kappa shape index (κ2) is 11.5. The van der Waals surface area contributed by atoms with Crippen LogP contribution in [-0.2, 0) is 13.2 Å². The van der Waals surface area contributed by atoms with Crippen molar-refractivity contribution >= 4 is 11.6 Å². The van der Waals surface area contributed by atoms with E-state index in [1.807, 2.05) is 19.1 Å². The zero-order chi connectivity index (χ0) is 20.5. The Morgan fingerprint density at radius 1 is 0.966 bits per heavy atom. The third-order valence-electron chi connectivity index (χ3n) is 5.53. The van der Waals surface area contributed by atoms with E-state index in [1.54, 1.807) is 0 Å². The molecule has 3 nitrogen and oxygen atoms in total. The molecule has 0 bridgehead atoms. The van der Waals surface area contributed by atoms with Crippen LogP contribution >= 0.6 is 11.6 Å². The number of hydrogen-bond donors (Lipinski definition) is 1. The molecule has 1 aliphatic carbocycles. The summed E-state index contributed by atoms with van der Waals surface area (Å²) >= 11 is 6.60. The molecule has 158 valence electrons. The number of halogens is 1. The van der Waals surface area contributed by atoms with Crippen LogP contribution in [0.1, 0.15) is 68.6 Å². The first-order chi connectivity index (χ1) is 14.2. The van der Waals surface area contributed by atoms with E-state index in [0.717, 1.165) is 23.4 Å². The molecule has 4 heteroatoms. The topological polar surface area (TPSA) is 30.5 Å². The Labute approximate surface area is 180 Å². The van der Waals surface area contributed by atoms with Crippen molar-refractivity contribution in [2.75, 3.05) is 6.61 Å². The van der Waals surface area contributed by atoms with Crippen LogP contribution in [0, 0.1) is 6.92 Å². The lowest BCUT2D eigenvalue weighted by Crippen LogP contribution is -2.29. The SMILES string of the molecule is CCOc1cc(CNC2CCCCCCC2)cc(Cl)c1OCc1cccc(C)c1. The average Bonchev–Trinajstić information content (AvgIpc) is 2.67. The molecule has 0 saturated heterocycles. The highest BCUT2D eigenvalue weighted by Gasteiger charge is 2.15. The minimum absolute atomic E-state index is 0.473. The fraction of sp³-hybridized carbons (Fsp3) is 0.520. The molecule has 0 spiro atoms. The molecular weight excluding hydrogens is 382 g/mol. The van der Waals surface area contributed by atoms with Crippen molar-refractivity contribution in [1.29, 1.82) is 0 Å². The van der Waals surface area contributed by atoms with Gasteiger partial charge in [-0.1, -0.05) is 73.5 Å². The van der Waals surface area contributed by atoms with Gasteiger partial charge in [0.05, 0.1) is 11.6 Å². The van der Waals surface area contributed by atoms with Gasteiger partial charge in [0.15, 0.2) is 11.5 Å². The second-order valence-corrected chi connectivity index (χ2v) is 8.45. The molecule has 0 unspecified atom stereocenters. The van der Waals surface area contributed by atoms with Gasteiger partial charge in [0.1, 0.15) is 6.61 Å². The third-order valence-corrected chi connectivity index (χ3v) is 5.82. The maximum atomic E-state index is 6.60. The average molecular weight is 416 g/mol. The molecule has 0 amide bonds. The van der Waals surface area contributed by atoms with Gasteiger partial charge in [0.25, 0.3) is 0 Å². The summed E-state index contributed by atoms with van der Waals surface area (Å²) in [7, 11) is 0. The molecule has 1 saturated carbocycles. The van der Waals surface area contributed by atoms with E-state index in [4.69, 9.17) is 21.1 Å². The fourth-order valence-corrected chi connectivity index (χ4v) is 4.29. The maximum absolute atomic E-state index is 6.60. The molecule has 0 radical (unpaired) electrons. The molecule has 0 aliphatic heterocycles. The van der Waals surface area contributed by atoms with Crippen molar-refractivity contribution in [2.45, 2.75) is 78.0 Å². The Hall–Kier alpha value is -1.71. The maximum Gasteiger partial charge on any atom is 0.180 e. The minimum Gasteiger partial charge on any atom is -0.490 e. The zero-order valence-electron chi connectivity index (χ0n) is 17.8. The van der Waals surface area contributed by atoms with E-state index in [0.29, 0.717) is 30.0 Å². The molecular formula is C25H34ClNO2. The molecule has 0 atom stereocenters. The van der Waals surface area contributed by atoms with Crippen LogP contribution in [-0.4, -0.2) is 12.6 Å². The predicted octanol–water partition coefficient (Wildman–Crippen LogP) is 6.83. The molecule has 0 aromatic heterocycles. The van der Waals surface area contributed by atoms with Crippen molar-refractivity contribution in [1.82, 2.24) is 5.32 Å². The molecule has 0 heterocycles. The Bertz CT molecular complexity index is 769. The van der Waals surface area contributed by atoms with Crippen LogP contribution < -0.4 is 14.8 Å². The monoisotopic (exact) mass is 415 g/mol. The molecule has 1 N–H and O–H groups in total. The van der Waals surface area contributed by atoms with Crippen LogP contribution in [0.2, 0.25) is 5.02 Å².